The molecule has 2 heterocycles. The number of anilines is 1. The average Bonchev–Trinajstić information content (AvgIpc) is 2.75. The van der Waals surface area contributed by atoms with Crippen LogP contribution in [-0.2, 0) is 0 Å². The van der Waals surface area contributed by atoms with Gasteiger partial charge in [0, 0.05) is 12.7 Å². The molecule has 0 aliphatic carbocycles. The Balaban J connectivity index is 2.18. The van der Waals surface area contributed by atoms with E-state index in [2.05, 4.69) is 27.4 Å². The Labute approximate surface area is 93.9 Å². The van der Waals surface area contributed by atoms with Crippen molar-refractivity contribution in [2.45, 2.75) is 20.3 Å². The molecule has 0 unspecified atom stereocenters. The number of aryl methyl sites for hydroxylation is 1. The quantitative estimate of drug-likeness (QED) is 0.852. The van der Waals surface area contributed by atoms with Gasteiger partial charge < -0.3 is 9.84 Å². The van der Waals surface area contributed by atoms with Crippen molar-refractivity contribution in [1.29, 1.82) is 0 Å². The Kier molecular flexibility index (Phi) is 3.14. The summed E-state index contributed by atoms with van der Waals surface area (Å²) in [5.74, 6) is 0.516. The van der Waals surface area contributed by atoms with Crippen LogP contribution in [0.5, 0.6) is 0 Å². The van der Waals surface area contributed by atoms with E-state index in [-0.39, 0.29) is 0 Å². The van der Waals surface area contributed by atoms with Crippen LogP contribution in [0, 0.1) is 6.92 Å². The molecule has 0 aliphatic heterocycles. The molecule has 0 spiro atoms. The van der Waals surface area contributed by atoms with Crippen LogP contribution in [0.4, 0.5) is 6.01 Å². The van der Waals surface area contributed by atoms with Crippen molar-refractivity contribution in [3.05, 3.63) is 23.9 Å². The van der Waals surface area contributed by atoms with Crippen molar-refractivity contribution in [1.82, 2.24) is 15.1 Å². The molecule has 16 heavy (non-hydrogen) atoms. The Hall–Kier alpha value is -1.91. The van der Waals surface area contributed by atoms with Gasteiger partial charge in [0.25, 0.3) is 0 Å². The third-order valence-electron chi connectivity index (χ3n) is 2.10. The zero-order valence-electron chi connectivity index (χ0n) is 9.40. The van der Waals surface area contributed by atoms with Gasteiger partial charge in [-0.15, -0.1) is 0 Å². The number of nitrogens with one attached hydrogen (secondary N) is 1. The molecule has 1 N–H and O–H groups in total. The molecular formula is C11H14N4O. The Morgan fingerprint density at radius 1 is 1.44 bits per heavy atom. The summed E-state index contributed by atoms with van der Waals surface area (Å²) in [6, 6.07) is 4.30. The van der Waals surface area contributed by atoms with Crippen molar-refractivity contribution in [3.63, 3.8) is 0 Å². The number of hydrogen-bond acceptors (Lipinski definition) is 5. The first-order chi connectivity index (χ1) is 7.79. The minimum absolute atomic E-state index is 0.445. The summed E-state index contributed by atoms with van der Waals surface area (Å²) in [5.41, 5.74) is 1.85. The fourth-order valence-electron chi connectivity index (χ4n) is 1.29. The lowest BCUT2D eigenvalue weighted by Crippen LogP contribution is -1.99. The number of aromatic nitrogens is 3. The topological polar surface area (TPSA) is 63.8 Å². The van der Waals surface area contributed by atoms with Crippen molar-refractivity contribution >= 4 is 6.01 Å². The molecule has 5 nitrogen and oxygen atoms in total. The zero-order chi connectivity index (χ0) is 11.4. The van der Waals surface area contributed by atoms with Crippen molar-refractivity contribution in [2.24, 2.45) is 0 Å². The fraction of sp³-hybridized carbons (Fsp3) is 0.364. The van der Waals surface area contributed by atoms with Gasteiger partial charge in [-0.25, -0.2) is 0 Å². The van der Waals surface area contributed by atoms with E-state index in [0.717, 1.165) is 24.2 Å². The second kappa shape index (κ2) is 4.74. The first kappa shape index (κ1) is 10.6. The van der Waals surface area contributed by atoms with Gasteiger partial charge in [-0.1, -0.05) is 12.1 Å². The van der Waals surface area contributed by atoms with E-state index in [4.69, 9.17) is 4.52 Å². The predicted octanol–water partition coefficient (Wildman–Crippen LogP) is 2.26. The summed E-state index contributed by atoms with van der Waals surface area (Å²) >= 11 is 0. The lowest BCUT2D eigenvalue weighted by molar-refractivity contribution is 0.432. The smallest absolute Gasteiger partial charge is 0.321 e. The van der Waals surface area contributed by atoms with Crippen LogP contribution in [0.1, 0.15) is 18.9 Å². The van der Waals surface area contributed by atoms with Crippen LogP contribution in [0.2, 0.25) is 0 Å². The summed E-state index contributed by atoms with van der Waals surface area (Å²) in [4.78, 5) is 8.40. The Morgan fingerprint density at radius 2 is 2.31 bits per heavy atom. The molecule has 0 radical (unpaired) electrons. The van der Waals surface area contributed by atoms with Gasteiger partial charge in [0.15, 0.2) is 0 Å². The molecule has 0 atom stereocenters. The monoisotopic (exact) mass is 218 g/mol. The maximum atomic E-state index is 5.05. The maximum Gasteiger partial charge on any atom is 0.321 e. The number of rotatable bonds is 4. The summed E-state index contributed by atoms with van der Waals surface area (Å²) in [5, 5.41) is 6.90. The molecule has 84 valence electrons. The molecule has 0 fully saturated rings. The second-order valence-electron chi connectivity index (χ2n) is 3.57. The molecule has 0 saturated carbocycles. The van der Waals surface area contributed by atoms with Gasteiger partial charge in [0.05, 0.1) is 0 Å². The molecular weight excluding hydrogens is 204 g/mol. The molecule has 0 amide bonds. The van der Waals surface area contributed by atoms with Gasteiger partial charge in [0.1, 0.15) is 5.69 Å². The Bertz CT molecular complexity index is 467. The van der Waals surface area contributed by atoms with Crippen LogP contribution in [0.15, 0.2) is 22.9 Å². The molecule has 0 bridgehead atoms. The number of hydrogen-bond donors (Lipinski definition) is 1. The molecule has 0 aliphatic rings. The van der Waals surface area contributed by atoms with Crippen LogP contribution in [-0.4, -0.2) is 21.7 Å². The van der Waals surface area contributed by atoms with Crippen molar-refractivity contribution < 1.29 is 4.52 Å². The third-order valence-corrected chi connectivity index (χ3v) is 2.10. The first-order valence-corrected chi connectivity index (χ1v) is 5.30. The minimum Gasteiger partial charge on any atom is -0.338 e. The maximum absolute atomic E-state index is 5.05. The molecule has 2 aromatic rings. The van der Waals surface area contributed by atoms with E-state index in [9.17, 15) is 0 Å². The second-order valence-corrected chi connectivity index (χ2v) is 3.57. The highest BCUT2D eigenvalue weighted by atomic mass is 16.5. The van der Waals surface area contributed by atoms with Crippen LogP contribution < -0.4 is 5.32 Å². The first-order valence-electron chi connectivity index (χ1n) is 5.30. The van der Waals surface area contributed by atoms with Crippen molar-refractivity contribution in [3.8, 4) is 11.5 Å². The third kappa shape index (κ3) is 2.36. The van der Waals surface area contributed by atoms with Crippen molar-refractivity contribution in [2.75, 3.05) is 11.9 Å². The van der Waals surface area contributed by atoms with Gasteiger partial charge >= 0.3 is 6.01 Å². The van der Waals surface area contributed by atoms with Gasteiger partial charge in [-0.2, -0.15) is 4.98 Å². The fourth-order valence-corrected chi connectivity index (χ4v) is 1.29. The molecule has 0 aromatic carbocycles. The Morgan fingerprint density at radius 3 is 3.06 bits per heavy atom. The molecule has 0 saturated heterocycles. The highest BCUT2D eigenvalue weighted by Crippen LogP contribution is 2.15. The number of pyridine rings is 1. The van der Waals surface area contributed by atoms with E-state index < -0.39 is 0 Å². The molecule has 5 heteroatoms. The minimum atomic E-state index is 0.445. The summed E-state index contributed by atoms with van der Waals surface area (Å²) in [6.45, 7) is 4.90. The van der Waals surface area contributed by atoms with Crippen LogP contribution >= 0.6 is 0 Å². The van der Waals surface area contributed by atoms with Gasteiger partial charge in [-0.3, -0.25) is 4.98 Å². The summed E-state index contributed by atoms with van der Waals surface area (Å²) < 4.78 is 5.05. The van der Waals surface area contributed by atoms with Gasteiger partial charge in [-0.05, 0) is 31.0 Å². The summed E-state index contributed by atoms with van der Waals surface area (Å²) in [7, 11) is 0. The van der Waals surface area contributed by atoms with E-state index in [1.807, 2.05) is 19.1 Å². The van der Waals surface area contributed by atoms with E-state index in [0.29, 0.717) is 11.8 Å². The summed E-state index contributed by atoms with van der Waals surface area (Å²) in [6.07, 6.45) is 2.75. The standard InChI is InChI=1S/C11H14N4O/c1-3-5-13-11-14-10(15-16-11)9-7-8(2)4-6-12-9/h4,6-7H,3,5H2,1-2H3,(H,13,14,15). The van der Waals surface area contributed by atoms with E-state index in [1.54, 1.807) is 6.20 Å². The molecule has 2 aromatic heterocycles. The average molecular weight is 218 g/mol. The highest BCUT2D eigenvalue weighted by Gasteiger charge is 2.08. The number of nitrogens with zero attached hydrogens (tertiary/aromatic N) is 3. The van der Waals surface area contributed by atoms with Crippen LogP contribution in [0.3, 0.4) is 0 Å². The lowest BCUT2D eigenvalue weighted by atomic mass is 10.2. The lowest BCUT2D eigenvalue weighted by Gasteiger charge is -1.95. The zero-order valence-corrected chi connectivity index (χ0v) is 9.40. The molecule has 2 rings (SSSR count). The highest BCUT2D eigenvalue weighted by molar-refractivity contribution is 5.50. The van der Waals surface area contributed by atoms with E-state index in [1.165, 1.54) is 0 Å². The predicted molar refractivity (Wildman–Crippen MR) is 61.0 cm³/mol. The van der Waals surface area contributed by atoms with Crippen LogP contribution in [0.25, 0.3) is 11.5 Å². The normalized spacial score (nSPS) is 10.4. The van der Waals surface area contributed by atoms with Gasteiger partial charge in [0.2, 0.25) is 5.82 Å². The van der Waals surface area contributed by atoms with E-state index >= 15 is 0 Å². The largest absolute Gasteiger partial charge is 0.338 e. The SMILES string of the molecule is CCCNc1nc(-c2cc(C)ccn2)no1.